The molecule has 0 bridgehead atoms. The number of ketones is 1. The lowest BCUT2D eigenvalue weighted by atomic mass is 10.0. The van der Waals surface area contributed by atoms with Crippen molar-refractivity contribution in [2.75, 3.05) is 12.4 Å². The number of Topliss-reactive ketones (excluding diaryl/α,β-unsaturated/α-hetero) is 1. The van der Waals surface area contributed by atoms with Gasteiger partial charge in [-0.25, -0.2) is 4.68 Å². The van der Waals surface area contributed by atoms with Gasteiger partial charge in [0.25, 0.3) is 11.7 Å². The first-order valence-electron chi connectivity index (χ1n) is 11.6. The number of benzene rings is 2. The maximum absolute atomic E-state index is 12.5. The van der Waals surface area contributed by atoms with E-state index in [9.17, 15) is 27.6 Å². The Morgan fingerprint density at radius 3 is 2.38 bits per heavy atom. The summed E-state index contributed by atoms with van der Waals surface area (Å²) < 4.78 is 39.0. The summed E-state index contributed by atoms with van der Waals surface area (Å²) in [6.07, 6.45) is -4.12. The zero-order valence-corrected chi connectivity index (χ0v) is 22.5. The van der Waals surface area contributed by atoms with E-state index in [1.165, 1.54) is 20.0 Å². The van der Waals surface area contributed by atoms with Crippen LogP contribution in [-0.4, -0.2) is 55.1 Å². The number of anilines is 1. The summed E-state index contributed by atoms with van der Waals surface area (Å²) in [4.78, 5) is 34.3. The van der Waals surface area contributed by atoms with E-state index in [2.05, 4.69) is 31.1 Å². The third kappa shape index (κ3) is 7.08. The van der Waals surface area contributed by atoms with E-state index >= 15 is 0 Å². The molecule has 2 amide bonds. The SMILES string of the molecule is CNC(=O)c1cc(C(C)=O)cc(C)c1NC=O.Cc1cc(Cn2nnc(C(F)(F)F)n2)nn1-c1ccccc1Cl. The van der Waals surface area contributed by atoms with Gasteiger partial charge in [-0.05, 0) is 61.9 Å². The van der Waals surface area contributed by atoms with Gasteiger partial charge in [0.15, 0.2) is 5.78 Å². The quantitative estimate of drug-likeness (QED) is 0.250. The summed E-state index contributed by atoms with van der Waals surface area (Å²) in [5, 5.41) is 19.5. The molecule has 0 radical (unpaired) electrons. The van der Waals surface area contributed by atoms with Crippen molar-refractivity contribution in [2.45, 2.75) is 33.5 Å². The fraction of sp³-hybridized carbons (Fsp3) is 0.240. The van der Waals surface area contributed by atoms with E-state index in [1.807, 2.05) is 13.0 Å². The Morgan fingerprint density at radius 1 is 1.10 bits per heavy atom. The van der Waals surface area contributed by atoms with Crippen LogP contribution in [0.3, 0.4) is 0 Å². The number of alkyl halides is 3. The molecule has 2 heterocycles. The zero-order valence-electron chi connectivity index (χ0n) is 21.7. The molecule has 0 aliphatic carbocycles. The van der Waals surface area contributed by atoms with Gasteiger partial charge < -0.3 is 10.6 Å². The van der Waals surface area contributed by atoms with Crippen LogP contribution in [0.25, 0.3) is 5.69 Å². The number of halogens is 4. The molecule has 4 rings (SSSR count). The molecule has 0 aliphatic rings. The Hall–Kier alpha value is -4.59. The molecule has 0 atom stereocenters. The number of aryl methyl sites for hydroxylation is 2. The van der Waals surface area contributed by atoms with E-state index < -0.39 is 12.0 Å². The lowest BCUT2D eigenvalue weighted by molar-refractivity contribution is -0.145. The van der Waals surface area contributed by atoms with Gasteiger partial charge in [-0.15, -0.1) is 10.2 Å². The van der Waals surface area contributed by atoms with Crippen LogP contribution < -0.4 is 10.6 Å². The molecule has 2 aromatic heterocycles. The Morgan fingerprint density at radius 2 is 1.80 bits per heavy atom. The zero-order chi connectivity index (χ0) is 29.6. The molecule has 0 spiro atoms. The van der Waals surface area contributed by atoms with Crippen LogP contribution in [0, 0.1) is 13.8 Å². The number of hydrogen-bond donors (Lipinski definition) is 2. The van der Waals surface area contributed by atoms with Crippen LogP contribution >= 0.6 is 11.6 Å². The number of nitrogens with one attached hydrogen (secondary N) is 2. The van der Waals surface area contributed by atoms with E-state index in [0.29, 0.717) is 39.6 Å². The average Bonchev–Trinajstić information content (AvgIpc) is 3.52. The van der Waals surface area contributed by atoms with Gasteiger partial charge in [-0.3, -0.25) is 14.4 Å². The first kappa shape index (κ1) is 30.0. The molecular weight excluding hydrogens is 553 g/mol. The van der Waals surface area contributed by atoms with Gasteiger partial charge in [0, 0.05) is 18.3 Å². The Bertz CT molecular complexity index is 1550. The Kier molecular flexibility index (Phi) is 9.37. The van der Waals surface area contributed by atoms with Crippen molar-refractivity contribution in [3.63, 3.8) is 0 Å². The minimum atomic E-state index is -4.62. The van der Waals surface area contributed by atoms with Crippen molar-refractivity contribution >= 4 is 35.4 Å². The fourth-order valence-corrected chi connectivity index (χ4v) is 3.82. The highest BCUT2D eigenvalue weighted by atomic mass is 35.5. The summed E-state index contributed by atoms with van der Waals surface area (Å²) in [5.74, 6) is -1.75. The van der Waals surface area contributed by atoms with Crippen LogP contribution in [-0.2, 0) is 17.5 Å². The topological polar surface area (TPSA) is 137 Å². The predicted octanol–water partition coefficient (Wildman–Crippen LogP) is 4.01. The number of para-hydroxylation sites is 1. The molecule has 15 heteroatoms. The second-order valence-corrected chi connectivity index (χ2v) is 8.80. The predicted molar refractivity (Wildman–Crippen MR) is 139 cm³/mol. The van der Waals surface area contributed by atoms with Gasteiger partial charge in [0.05, 0.1) is 27.7 Å². The highest BCUT2D eigenvalue weighted by Gasteiger charge is 2.36. The molecule has 40 heavy (non-hydrogen) atoms. The third-order valence-corrected chi connectivity index (χ3v) is 5.77. The average molecular weight is 577 g/mol. The first-order chi connectivity index (χ1) is 18.8. The number of rotatable bonds is 7. The van der Waals surface area contributed by atoms with Crippen LogP contribution in [0.1, 0.15) is 50.4 Å². The number of hydrogen-bond acceptors (Lipinski definition) is 7. The van der Waals surface area contributed by atoms with Crippen molar-refractivity contribution in [2.24, 2.45) is 0 Å². The lowest BCUT2D eigenvalue weighted by Crippen LogP contribution is -2.20. The van der Waals surface area contributed by atoms with Crippen LogP contribution in [0.5, 0.6) is 0 Å². The van der Waals surface area contributed by atoms with Gasteiger partial charge in [-0.1, -0.05) is 23.7 Å². The number of tetrazole rings is 1. The number of carbonyl (C=O) groups excluding carboxylic acids is 3. The largest absolute Gasteiger partial charge is 0.455 e. The molecule has 2 N–H and O–H groups in total. The van der Waals surface area contributed by atoms with E-state index in [0.717, 1.165) is 10.5 Å². The van der Waals surface area contributed by atoms with Gasteiger partial charge in [-0.2, -0.15) is 23.1 Å². The molecule has 2 aromatic carbocycles. The molecule has 4 aromatic rings. The van der Waals surface area contributed by atoms with Crippen molar-refractivity contribution in [1.29, 1.82) is 0 Å². The molecule has 11 nitrogen and oxygen atoms in total. The van der Waals surface area contributed by atoms with E-state index in [1.54, 1.807) is 41.9 Å². The summed E-state index contributed by atoms with van der Waals surface area (Å²) >= 11 is 6.13. The number of aromatic nitrogens is 6. The number of amides is 2. The van der Waals surface area contributed by atoms with Gasteiger partial charge >= 0.3 is 6.18 Å². The maximum Gasteiger partial charge on any atom is 0.455 e. The normalized spacial score (nSPS) is 10.9. The molecule has 210 valence electrons. The molecule has 0 unspecified atom stereocenters. The maximum atomic E-state index is 12.5. The molecule has 0 fully saturated rings. The fourth-order valence-electron chi connectivity index (χ4n) is 3.61. The smallest absolute Gasteiger partial charge is 0.355 e. The summed E-state index contributed by atoms with van der Waals surface area (Å²) in [6, 6.07) is 12.0. The van der Waals surface area contributed by atoms with Crippen molar-refractivity contribution in [3.8, 4) is 5.69 Å². The minimum absolute atomic E-state index is 0.0264. The van der Waals surface area contributed by atoms with Crippen molar-refractivity contribution in [1.82, 2.24) is 35.3 Å². The van der Waals surface area contributed by atoms with E-state index in [4.69, 9.17) is 11.6 Å². The van der Waals surface area contributed by atoms with Gasteiger partial charge in [0.2, 0.25) is 6.41 Å². The number of carbonyl (C=O) groups is 3. The highest BCUT2D eigenvalue weighted by Crippen LogP contribution is 2.25. The van der Waals surface area contributed by atoms with Crippen molar-refractivity contribution < 1.29 is 27.6 Å². The summed E-state index contributed by atoms with van der Waals surface area (Å²) in [5.41, 5.74) is 3.77. The molecule has 0 saturated heterocycles. The lowest BCUT2D eigenvalue weighted by Gasteiger charge is -2.12. The second-order valence-electron chi connectivity index (χ2n) is 8.39. The Balaban J connectivity index is 0.000000232. The van der Waals surface area contributed by atoms with E-state index in [-0.39, 0.29) is 23.8 Å². The van der Waals surface area contributed by atoms with Crippen LogP contribution in [0.15, 0.2) is 42.5 Å². The second kappa shape index (κ2) is 12.5. The highest BCUT2D eigenvalue weighted by molar-refractivity contribution is 6.32. The van der Waals surface area contributed by atoms with Gasteiger partial charge in [0.1, 0.15) is 6.54 Å². The molecule has 0 aliphatic heterocycles. The van der Waals surface area contributed by atoms with Crippen molar-refractivity contribution in [3.05, 3.63) is 81.4 Å². The third-order valence-electron chi connectivity index (χ3n) is 5.45. The molecule has 0 saturated carbocycles. The van der Waals surface area contributed by atoms with Crippen LogP contribution in [0.4, 0.5) is 18.9 Å². The minimum Gasteiger partial charge on any atom is -0.355 e. The molecular formula is C25H24ClF3N8O3. The van der Waals surface area contributed by atoms with Crippen LogP contribution in [0.2, 0.25) is 5.02 Å². The first-order valence-corrected chi connectivity index (χ1v) is 12.0. The summed E-state index contributed by atoms with van der Waals surface area (Å²) in [6.45, 7) is 4.94. The summed E-state index contributed by atoms with van der Waals surface area (Å²) in [7, 11) is 1.49. The Labute approximate surface area is 231 Å². The monoisotopic (exact) mass is 576 g/mol. The standard InChI is InChI=1S/C13H10ClF3N6.C12H14N2O3/c1-8-6-9(7-22-20-12(18-21-22)13(15,16)17)19-23(8)11-5-3-2-4-10(11)14;1-7-4-9(8(2)16)5-10(12(17)13-3)11(7)14-6-15/h2-6H,7H2,1H3;4-6H,1-3H3,(H,13,17)(H,14,15). The number of nitrogens with zero attached hydrogens (tertiary/aromatic N) is 6.